The molecule has 164 valence electrons. The Balaban J connectivity index is 1.64. The summed E-state index contributed by atoms with van der Waals surface area (Å²) in [6.45, 7) is 0. The van der Waals surface area contributed by atoms with Crippen molar-refractivity contribution in [3.8, 4) is 11.5 Å². The molecule has 2 heterocycles. The van der Waals surface area contributed by atoms with E-state index < -0.39 is 14.8 Å². The first kappa shape index (κ1) is 21.4. The van der Waals surface area contributed by atoms with E-state index in [2.05, 4.69) is 0 Å². The third kappa shape index (κ3) is 4.33. The van der Waals surface area contributed by atoms with Gasteiger partial charge in [-0.05, 0) is 17.7 Å². The van der Waals surface area contributed by atoms with Crippen molar-refractivity contribution in [1.82, 2.24) is 0 Å². The van der Waals surface area contributed by atoms with E-state index in [0.717, 1.165) is 5.56 Å². The van der Waals surface area contributed by atoms with Gasteiger partial charge in [0.2, 0.25) is 0 Å². The predicted octanol–water partition coefficient (Wildman–Crippen LogP) is 2.89. The molecule has 1 fully saturated rings. The second kappa shape index (κ2) is 8.39. The van der Waals surface area contributed by atoms with E-state index in [1.165, 1.54) is 23.9 Å². The van der Waals surface area contributed by atoms with Gasteiger partial charge < -0.3 is 14.4 Å². The Morgan fingerprint density at radius 3 is 2.55 bits per heavy atom. The Hall–Kier alpha value is -2.79. The topological polar surface area (TPSA) is 111 Å². The van der Waals surface area contributed by atoms with Crippen LogP contribution in [0, 0.1) is 10.1 Å². The lowest BCUT2D eigenvalue weighted by Gasteiger charge is -2.28. The molecule has 1 saturated heterocycles. The van der Waals surface area contributed by atoms with Gasteiger partial charge in [-0.3, -0.25) is 15.1 Å². The number of thioether (sulfide) groups is 1. The van der Waals surface area contributed by atoms with Crippen molar-refractivity contribution in [1.29, 1.82) is 0 Å². The molecule has 0 unspecified atom stereocenters. The fourth-order valence-corrected chi connectivity index (χ4v) is 6.68. The average Bonchev–Trinajstić information content (AvgIpc) is 3.22. The summed E-state index contributed by atoms with van der Waals surface area (Å²) >= 11 is 1.46. The lowest BCUT2D eigenvalue weighted by atomic mass is 10.1. The van der Waals surface area contributed by atoms with Crippen LogP contribution in [0.25, 0.3) is 0 Å². The number of nitro groups is 1. The van der Waals surface area contributed by atoms with Gasteiger partial charge in [0.05, 0.1) is 48.4 Å². The smallest absolute Gasteiger partial charge is 0.269 e. The predicted molar refractivity (Wildman–Crippen MR) is 120 cm³/mol. The van der Waals surface area contributed by atoms with Crippen molar-refractivity contribution >= 4 is 38.1 Å². The summed E-state index contributed by atoms with van der Waals surface area (Å²) in [5, 5.41) is 11.5. The lowest BCUT2D eigenvalue weighted by Crippen LogP contribution is -2.39. The number of non-ortho nitro benzene ring substituents is 1. The van der Waals surface area contributed by atoms with Crippen LogP contribution >= 0.6 is 11.8 Å². The van der Waals surface area contributed by atoms with Crippen molar-refractivity contribution in [2.24, 2.45) is 4.99 Å². The highest BCUT2D eigenvalue weighted by Gasteiger charge is 2.47. The van der Waals surface area contributed by atoms with Crippen LogP contribution in [0.2, 0.25) is 0 Å². The number of nitro benzene ring substituents is 1. The molecule has 2 aromatic rings. The molecule has 0 saturated carbocycles. The van der Waals surface area contributed by atoms with Gasteiger partial charge in [-0.15, -0.1) is 0 Å². The first-order valence-electron chi connectivity index (χ1n) is 9.47. The fraction of sp³-hybridized carbons (Fsp3) is 0.350. The number of sulfone groups is 1. The molecule has 2 aromatic carbocycles. The maximum Gasteiger partial charge on any atom is 0.269 e. The highest BCUT2D eigenvalue weighted by Crippen LogP contribution is 2.41. The largest absolute Gasteiger partial charge is 0.497 e. The Bertz CT molecular complexity index is 1130. The minimum absolute atomic E-state index is 0.0159. The summed E-state index contributed by atoms with van der Waals surface area (Å²) in [5.74, 6) is 1.78. The summed E-state index contributed by atoms with van der Waals surface area (Å²) in [7, 11) is -0.0522. The van der Waals surface area contributed by atoms with Crippen LogP contribution in [0.4, 0.5) is 11.4 Å². The number of anilines is 1. The zero-order chi connectivity index (χ0) is 22.2. The molecule has 0 aromatic heterocycles. The molecular weight excluding hydrogens is 442 g/mol. The summed E-state index contributed by atoms with van der Waals surface area (Å²) in [6, 6.07) is 11.1. The molecule has 11 heteroatoms. The van der Waals surface area contributed by atoms with Gasteiger partial charge >= 0.3 is 0 Å². The fourth-order valence-electron chi connectivity index (χ4n) is 3.76. The number of nitrogens with zero attached hydrogens (tertiary/aromatic N) is 3. The van der Waals surface area contributed by atoms with Gasteiger partial charge in [0.15, 0.2) is 15.0 Å². The molecule has 0 amide bonds. The molecule has 0 radical (unpaired) electrons. The Kier molecular flexibility index (Phi) is 5.80. The number of fused-ring (bicyclic) bond motifs is 1. The maximum atomic E-state index is 12.3. The van der Waals surface area contributed by atoms with Crippen LogP contribution in [0.15, 0.2) is 47.5 Å². The van der Waals surface area contributed by atoms with E-state index >= 15 is 0 Å². The monoisotopic (exact) mass is 463 g/mol. The quantitative estimate of drug-likeness (QED) is 0.475. The van der Waals surface area contributed by atoms with Gasteiger partial charge in [-0.1, -0.05) is 23.9 Å². The van der Waals surface area contributed by atoms with Gasteiger partial charge in [-0.25, -0.2) is 8.42 Å². The minimum Gasteiger partial charge on any atom is -0.497 e. The normalized spacial score (nSPS) is 21.5. The SMILES string of the molecule is COc1ccc(OC)c(N2C(SCc3ccc([N+](=O)[O-])cc3)=N[C@@H]3CS(=O)(=O)C[C@H]32)c1. The molecule has 31 heavy (non-hydrogen) atoms. The van der Waals surface area contributed by atoms with Gasteiger partial charge in [-0.2, -0.15) is 0 Å². The molecule has 0 aliphatic carbocycles. The number of amidine groups is 1. The number of rotatable bonds is 6. The van der Waals surface area contributed by atoms with Crippen molar-refractivity contribution in [2.45, 2.75) is 17.8 Å². The maximum absolute atomic E-state index is 12.3. The Morgan fingerprint density at radius 2 is 1.90 bits per heavy atom. The van der Waals surface area contributed by atoms with Crippen molar-refractivity contribution in [3.05, 3.63) is 58.1 Å². The van der Waals surface area contributed by atoms with Crippen molar-refractivity contribution < 1.29 is 22.8 Å². The second-order valence-corrected chi connectivity index (χ2v) is 10.3. The number of hydrogen-bond acceptors (Lipinski definition) is 9. The third-order valence-corrected chi connectivity index (χ3v) is 8.00. The summed E-state index contributed by atoms with van der Waals surface area (Å²) in [6.07, 6.45) is 0. The zero-order valence-electron chi connectivity index (χ0n) is 16.9. The lowest BCUT2D eigenvalue weighted by molar-refractivity contribution is -0.384. The minimum atomic E-state index is -3.18. The van der Waals surface area contributed by atoms with Gasteiger partial charge in [0, 0.05) is 24.0 Å². The summed E-state index contributed by atoms with van der Waals surface area (Å²) < 4.78 is 35.4. The van der Waals surface area contributed by atoms with E-state index in [0.29, 0.717) is 28.1 Å². The van der Waals surface area contributed by atoms with Crippen LogP contribution in [0.5, 0.6) is 11.5 Å². The molecular formula is C20H21N3O6S2. The zero-order valence-corrected chi connectivity index (χ0v) is 18.6. The van der Waals surface area contributed by atoms with Gasteiger partial charge in [0.1, 0.15) is 11.5 Å². The number of benzene rings is 2. The van der Waals surface area contributed by atoms with E-state index in [4.69, 9.17) is 14.5 Å². The van der Waals surface area contributed by atoms with Crippen LogP contribution in [-0.4, -0.2) is 56.3 Å². The first-order chi connectivity index (χ1) is 14.8. The average molecular weight is 464 g/mol. The van der Waals surface area contributed by atoms with Crippen molar-refractivity contribution in [2.75, 3.05) is 30.6 Å². The van der Waals surface area contributed by atoms with E-state index in [-0.39, 0.29) is 29.3 Å². The molecule has 2 aliphatic heterocycles. The van der Waals surface area contributed by atoms with Gasteiger partial charge in [0.25, 0.3) is 5.69 Å². The highest BCUT2D eigenvalue weighted by atomic mass is 32.2. The van der Waals surface area contributed by atoms with Crippen molar-refractivity contribution in [3.63, 3.8) is 0 Å². The number of aliphatic imine (C=N–C) groups is 1. The number of methoxy groups -OCH3 is 2. The van der Waals surface area contributed by atoms with Crippen LogP contribution in [0.1, 0.15) is 5.56 Å². The van der Waals surface area contributed by atoms with E-state index in [1.807, 2.05) is 11.0 Å². The molecule has 0 N–H and O–H groups in total. The van der Waals surface area contributed by atoms with E-state index in [1.54, 1.807) is 38.5 Å². The highest BCUT2D eigenvalue weighted by molar-refractivity contribution is 8.13. The summed E-state index contributed by atoms with van der Waals surface area (Å²) in [5.41, 5.74) is 1.64. The van der Waals surface area contributed by atoms with Crippen LogP contribution in [0.3, 0.4) is 0 Å². The molecule has 2 atom stereocenters. The van der Waals surface area contributed by atoms with E-state index in [9.17, 15) is 18.5 Å². The molecule has 9 nitrogen and oxygen atoms in total. The second-order valence-electron chi connectivity index (χ2n) is 7.24. The first-order valence-corrected chi connectivity index (χ1v) is 12.3. The number of hydrogen-bond donors (Lipinski definition) is 0. The molecule has 4 rings (SSSR count). The molecule has 2 aliphatic rings. The molecule has 0 spiro atoms. The third-order valence-electron chi connectivity index (χ3n) is 5.27. The van der Waals surface area contributed by atoms with Crippen LogP contribution in [-0.2, 0) is 15.6 Å². The standard InChI is InChI=1S/C20H21N3O6S2/c1-28-15-7-8-19(29-2)17(9-15)22-18-12-31(26,27)11-16(18)21-20(22)30-10-13-3-5-14(6-4-13)23(24)25/h3-9,16,18H,10-12H2,1-2H3/t16-,18-/m1/s1. The Labute approximate surface area is 184 Å². The summed E-state index contributed by atoms with van der Waals surface area (Å²) in [4.78, 5) is 17.1. The molecule has 0 bridgehead atoms. The Morgan fingerprint density at radius 1 is 1.16 bits per heavy atom. The number of ether oxygens (including phenoxy) is 2. The van der Waals surface area contributed by atoms with Crippen LogP contribution < -0.4 is 14.4 Å².